The Kier molecular flexibility index (Phi) is 70.6. The molecule has 610 valence electrons. The molecule has 0 aromatic heterocycles. The lowest BCUT2D eigenvalue weighted by atomic mass is 9.88. The SMILES string of the molecule is CC(COCC(C)[NH+]1CC(O)C1)[NH+]1CC(O)C1.CC(N)COCC(C)N.CCC(COCC(C)[NH+]1CC(O)C1)(COCC(C)[NH+]1CC(O)C1)COCC(C)[NH+]1CC(O)C1.ClCC1CO1.ClCC1CO1.NCOCCOCN.OC1C[NH+](COCCOC[NH+]2CC(O)C2)C1.[Cl-].[Cl-].[Cl-].[Cl-].[Cl-].[Cl-].[Cl-]. The Morgan fingerprint density at radius 3 is 0.770 bits per heavy atom. The maximum absolute atomic E-state index is 9.57. The normalized spacial score (nSPS) is 30.6. The van der Waals surface area contributed by atoms with Crippen LogP contribution in [0, 0.1) is 5.41 Å². The van der Waals surface area contributed by atoms with Gasteiger partial charge in [-0.1, -0.05) is 6.92 Å². The fourth-order valence-corrected chi connectivity index (χ4v) is 10.9. The number of nitrogens with two attached hydrogens (primary N) is 4. The van der Waals surface area contributed by atoms with Crippen LogP contribution in [-0.2, 0) is 52.1 Å². The van der Waals surface area contributed by atoms with Crippen LogP contribution in [-0.4, -0.2) is 369 Å². The van der Waals surface area contributed by atoms with Crippen LogP contribution >= 0.6 is 23.2 Å². The average Bonchev–Trinajstić information content (AvgIpc) is 1.51. The van der Waals surface area contributed by atoms with Crippen LogP contribution in [0.1, 0.15) is 61.8 Å². The van der Waals surface area contributed by atoms with E-state index in [-0.39, 0.29) is 161 Å². The van der Waals surface area contributed by atoms with Gasteiger partial charge >= 0.3 is 0 Å². The number of nitrogens with one attached hydrogen (secondary N) is 7. The van der Waals surface area contributed by atoms with Crippen molar-refractivity contribution in [1.82, 2.24) is 0 Å². The number of aliphatic hydroxyl groups is 7. The minimum absolute atomic E-state index is 0. The molecule has 0 aromatic carbocycles. The fraction of sp³-hybridized carbons (Fsp3) is 1.00. The van der Waals surface area contributed by atoms with Gasteiger partial charge in [0.05, 0.1) is 143 Å². The second-order valence-electron chi connectivity index (χ2n) is 27.6. The average molecular weight is 1640 g/mol. The molecule has 38 heteroatoms. The standard InChI is InChI=1S/C24H47N3O6.C12H24N2O3.C10H20N2O4.C6H16N2O.C4H12N2O2.2C3H5ClO.7ClH/c1-5-24(15-31-12-18(2)25-6-21(28)7-25,16-32-13-19(3)26-8-22(29)9-26)17-33-14-20(4)27-10-23(30)11-27;1-9(13-3-11(15)4-13)7-17-8-10(2)14-5-12(16)6-14;13-9-3-11(4-9)7-15-1-2-16-8-12-5-10(14)6-12;1-5(7)3-9-4-6(2)8;5-3-7-1-2-8-4-6;2*4-1-3-2-5-3;;;;;;;/h18-23,28-30H,5-17H2,1-4H3;9-12,15-16H,3-8H2,1-2H3;9-10,13-14H,1-8H2;5-6H,3-4,7-8H2,1-2H3;1-6H2;2*3H,1-2H2;7*1H. The molecule has 0 radical (unpaired) electrons. The Morgan fingerprint density at radius 2 is 0.590 bits per heavy atom. The third kappa shape index (κ3) is 51.0. The minimum Gasteiger partial charge on any atom is -1.00 e. The zero-order valence-corrected chi connectivity index (χ0v) is 67.5. The molecule has 0 saturated carbocycles. The first-order valence-electron chi connectivity index (χ1n) is 34.5. The van der Waals surface area contributed by atoms with E-state index in [1.165, 1.54) is 34.3 Å². The van der Waals surface area contributed by atoms with E-state index < -0.39 is 0 Å². The van der Waals surface area contributed by atoms with Gasteiger partial charge in [0.1, 0.15) is 122 Å². The summed E-state index contributed by atoms with van der Waals surface area (Å²) in [6, 6.07) is 2.28. The summed E-state index contributed by atoms with van der Waals surface area (Å²) in [4.78, 5) is 9.68. The van der Waals surface area contributed by atoms with E-state index in [9.17, 15) is 25.5 Å². The summed E-state index contributed by atoms with van der Waals surface area (Å²) in [5.41, 5.74) is 20.6. The summed E-state index contributed by atoms with van der Waals surface area (Å²) in [5, 5.41) is 65.3. The molecule has 9 heterocycles. The quantitative estimate of drug-likeness (QED) is 0.0117. The van der Waals surface area contributed by atoms with Crippen molar-refractivity contribution in [3.8, 4) is 0 Å². The molecule has 9 rings (SSSR count). The van der Waals surface area contributed by atoms with Gasteiger partial charge in [0.25, 0.3) is 0 Å². The summed E-state index contributed by atoms with van der Waals surface area (Å²) in [6.07, 6.45) is 0.772. The summed E-state index contributed by atoms with van der Waals surface area (Å²) < 4.78 is 59.2. The van der Waals surface area contributed by atoms with Crippen LogP contribution in [0.2, 0.25) is 0 Å². The molecule has 100 heavy (non-hydrogen) atoms. The third-order valence-corrected chi connectivity index (χ3v) is 18.6. The molecule has 22 N–H and O–H groups in total. The number of hydrogen-bond donors (Lipinski definition) is 18. The minimum atomic E-state index is -0.198. The molecule has 9 atom stereocenters. The maximum atomic E-state index is 9.57. The predicted octanol–water partition coefficient (Wildman–Crippen LogP) is -34.0. The Hall–Kier alpha value is 1.45. The zero-order chi connectivity index (χ0) is 68.7. The van der Waals surface area contributed by atoms with Crippen LogP contribution in [0.3, 0.4) is 0 Å². The van der Waals surface area contributed by atoms with Crippen molar-refractivity contribution in [1.29, 1.82) is 0 Å². The second-order valence-corrected chi connectivity index (χ2v) is 28.3. The number of epoxide rings is 2. The maximum Gasteiger partial charge on any atom is 0.181 e. The molecule has 9 fully saturated rings. The van der Waals surface area contributed by atoms with Crippen LogP contribution < -0.4 is 144 Å². The van der Waals surface area contributed by atoms with Crippen molar-refractivity contribution >= 4 is 23.2 Å². The summed E-state index contributed by atoms with van der Waals surface area (Å²) in [5.74, 6) is 1.33. The second kappa shape index (κ2) is 64.1. The van der Waals surface area contributed by atoms with Crippen LogP contribution in [0.4, 0.5) is 0 Å². The number of rotatable bonds is 40. The lowest BCUT2D eigenvalue weighted by Gasteiger charge is -2.39. The molecule has 0 spiro atoms. The van der Waals surface area contributed by atoms with E-state index in [1.54, 1.807) is 0 Å². The Labute approximate surface area is 651 Å². The molecule has 9 unspecified atom stereocenters. The van der Waals surface area contributed by atoms with Crippen molar-refractivity contribution in [3.63, 3.8) is 0 Å². The summed E-state index contributed by atoms with van der Waals surface area (Å²) >= 11 is 10.5. The molecule has 0 bridgehead atoms. The number of aliphatic hydroxyl groups excluding tert-OH is 7. The van der Waals surface area contributed by atoms with Crippen LogP contribution in [0.15, 0.2) is 0 Å². The molecule has 0 aliphatic carbocycles. The Morgan fingerprint density at radius 1 is 0.370 bits per heavy atom. The van der Waals surface area contributed by atoms with Crippen molar-refractivity contribution in [2.24, 2.45) is 28.3 Å². The molecule has 0 amide bonds. The number of hydrogen-bond acceptors (Lipinski definition) is 22. The van der Waals surface area contributed by atoms with Gasteiger partial charge in [0.15, 0.2) is 56.2 Å². The van der Waals surface area contributed by atoms with Gasteiger partial charge in [-0.3, -0.25) is 0 Å². The smallest absolute Gasteiger partial charge is 0.181 e. The lowest BCUT2D eigenvalue weighted by Crippen LogP contribution is -3.25. The first-order valence-corrected chi connectivity index (χ1v) is 35.6. The van der Waals surface area contributed by atoms with Gasteiger partial charge in [-0.05, 0) is 54.9 Å². The number of halogens is 9. The highest BCUT2D eigenvalue weighted by atomic mass is 35.5. The highest BCUT2D eigenvalue weighted by molar-refractivity contribution is 6.18. The van der Waals surface area contributed by atoms with Gasteiger partial charge in [-0.25, -0.2) is 0 Å². The number of quaternary nitrogens is 7. The predicted molar refractivity (Wildman–Crippen MR) is 351 cm³/mol. The molecule has 9 aliphatic heterocycles. The van der Waals surface area contributed by atoms with Crippen molar-refractivity contribution in [2.45, 2.75) is 159 Å². The molecular weight excluding hydrogens is 1510 g/mol. The largest absolute Gasteiger partial charge is 1.00 e. The number of likely N-dealkylation sites (tertiary alicyclic amines) is 7. The first kappa shape index (κ1) is 110. The van der Waals surface area contributed by atoms with E-state index >= 15 is 0 Å². The van der Waals surface area contributed by atoms with Gasteiger partial charge in [-0.2, -0.15) is 0 Å². The lowest BCUT2D eigenvalue weighted by molar-refractivity contribution is -0.973. The van der Waals surface area contributed by atoms with E-state index in [4.69, 9.17) is 108 Å². The van der Waals surface area contributed by atoms with Gasteiger partial charge < -0.3 is 232 Å². The van der Waals surface area contributed by atoms with Crippen LogP contribution in [0.5, 0.6) is 0 Å². The van der Waals surface area contributed by atoms with Crippen molar-refractivity contribution in [3.05, 3.63) is 0 Å². The van der Waals surface area contributed by atoms with E-state index in [1.807, 2.05) is 13.8 Å². The van der Waals surface area contributed by atoms with Gasteiger partial charge in [0.2, 0.25) is 0 Å². The number of alkyl halides is 2. The molecule has 0 aromatic rings. The number of ether oxygens (including phenoxy) is 11. The topological polar surface area (TPSA) is 385 Å². The van der Waals surface area contributed by atoms with Gasteiger partial charge in [0, 0.05) is 17.5 Å². The zero-order valence-electron chi connectivity index (χ0n) is 60.7. The van der Waals surface area contributed by atoms with E-state index in [0.29, 0.717) is 147 Å². The summed E-state index contributed by atoms with van der Waals surface area (Å²) in [7, 11) is 0. The summed E-state index contributed by atoms with van der Waals surface area (Å²) in [6.45, 7) is 40.8. The molecule has 29 nitrogen and oxygen atoms in total. The first-order chi connectivity index (χ1) is 44.4. The monoisotopic (exact) mass is 1640 g/mol. The van der Waals surface area contributed by atoms with Crippen LogP contribution in [0.25, 0.3) is 0 Å². The third-order valence-electron chi connectivity index (χ3n) is 17.9. The molecule has 9 saturated heterocycles. The van der Waals surface area contributed by atoms with Gasteiger partial charge in [-0.15, -0.1) is 23.2 Å². The van der Waals surface area contributed by atoms with E-state index in [2.05, 4.69) is 41.5 Å². The molecule has 9 aliphatic rings. The van der Waals surface area contributed by atoms with Crippen molar-refractivity contribution < 1.29 is 209 Å². The van der Waals surface area contributed by atoms with Crippen molar-refractivity contribution in [2.75, 3.05) is 236 Å². The highest BCUT2D eigenvalue weighted by Crippen LogP contribution is 2.24. The highest BCUT2D eigenvalue weighted by Gasteiger charge is 2.40. The Balaban J connectivity index is -0.000000383. The Bertz CT molecular complexity index is 1660. The fourth-order valence-electron chi connectivity index (χ4n) is 10.6. The molecular formula is C62H136Cl9N11O18. The van der Waals surface area contributed by atoms with E-state index in [0.717, 1.165) is 124 Å².